The minimum Gasteiger partial charge on any atom is -0.393 e. The molecule has 1 aliphatic heterocycles. The van der Waals surface area contributed by atoms with E-state index in [4.69, 9.17) is 16.6 Å². The summed E-state index contributed by atoms with van der Waals surface area (Å²) in [5.74, 6) is 2.31. The van der Waals surface area contributed by atoms with E-state index in [2.05, 4.69) is 20.8 Å². The molecule has 2 fully saturated rings. The smallest absolute Gasteiger partial charge is 0.222 e. The lowest BCUT2D eigenvalue weighted by Gasteiger charge is -2.33. The average molecular weight is 550 g/mol. The first-order chi connectivity index (χ1) is 18.3. The number of fused-ring (bicyclic) bond motifs is 6. The summed E-state index contributed by atoms with van der Waals surface area (Å²) in [5, 5.41) is 20.8. The minimum atomic E-state index is -0.342. The zero-order valence-electron chi connectivity index (χ0n) is 21.8. The summed E-state index contributed by atoms with van der Waals surface area (Å²) in [4.78, 5) is 22.0. The molecule has 3 aromatic rings. The number of carbonyl (C=O) groups excluding carboxylic acids is 1. The number of hydrogen-bond acceptors (Lipinski definition) is 6. The van der Waals surface area contributed by atoms with Gasteiger partial charge >= 0.3 is 0 Å². The number of aliphatic imine (C=N–C) groups is 1. The largest absolute Gasteiger partial charge is 0.393 e. The molecule has 4 aliphatic rings. The molecule has 2 aromatic heterocycles. The fourth-order valence-electron chi connectivity index (χ4n) is 6.62. The van der Waals surface area contributed by atoms with Crippen LogP contribution in [0.2, 0.25) is 5.02 Å². The third kappa shape index (κ3) is 3.87. The van der Waals surface area contributed by atoms with Crippen LogP contribution in [0.25, 0.3) is 5.00 Å². The van der Waals surface area contributed by atoms with Crippen LogP contribution in [0.4, 0.5) is 0 Å². The molecule has 7 nitrogen and oxygen atoms in total. The SMILES string of the molecule is Cc1nnc2n1-c1sc3c(c1C(c1ccccc1Cl)=NC21CC1)C[C@H](CC(=O)N(C)[C@H]1CC[C@H](O)CC1)C3. The summed E-state index contributed by atoms with van der Waals surface area (Å²) in [5.41, 5.74) is 4.02. The Balaban J connectivity index is 1.24. The molecule has 0 saturated heterocycles. The van der Waals surface area contributed by atoms with Gasteiger partial charge in [0.25, 0.3) is 0 Å². The van der Waals surface area contributed by atoms with Gasteiger partial charge in [-0.3, -0.25) is 14.4 Å². The number of aliphatic hydroxyl groups is 1. The number of carbonyl (C=O) groups is 1. The number of thiophene rings is 1. The van der Waals surface area contributed by atoms with Crippen molar-refractivity contribution in [1.29, 1.82) is 0 Å². The topological polar surface area (TPSA) is 83.6 Å². The molecule has 0 bridgehead atoms. The number of amides is 1. The van der Waals surface area contributed by atoms with Crippen LogP contribution in [-0.2, 0) is 23.2 Å². The van der Waals surface area contributed by atoms with E-state index in [1.54, 1.807) is 11.3 Å². The maximum Gasteiger partial charge on any atom is 0.222 e. The van der Waals surface area contributed by atoms with E-state index in [9.17, 15) is 9.90 Å². The van der Waals surface area contributed by atoms with Gasteiger partial charge in [0, 0.05) is 40.5 Å². The Bertz CT molecular complexity index is 1460. The van der Waals surface area contributed by atoms with E-state index in [-0.39, 0.29) is 29.5 Å². The summed E-state index contributed by atoms with van der Waals surface area (Å²) in [6, 6.07) is 8.22. The molecule has 1 spiro atoms. The van der Waals surface area contributed by atoms with Gasteiger partial charge in [0.15, 0.2) is 5.82 Å². The quantitative estimate of drug-likeness (QED) is 0.496. The second-order valence-corrected chi connectivity index (χ2v) is 13.0. The van der Waals surface area contributed by atoms with E-state index in [0.717, 1.165) is 84.9 Å². The number of nitrogens with zero attached hydrogens (tertiary/aromatic N) is 5. The number of rotatable bonds is 4. The first-order valence-electron chi connectivity index (χ1n) is 13.7. The van der Waals surface area contributed by atoms with Crippen molar-refractivity contribution in [3.8, 4) is 5.00 Å². The van der Waals surface area contributed by atoms with Crippen LogP contribution in [0.15, 0.2) is 29.3 Å². The third-order valence-corrected chi connectivity index (χ3v) is 10.5. The van der Waals surface area contributed by atoms with Gasteiger partial charge in [-0.2, -0.15) is 0 Å². The maximum atomic E-state index is 13.3. The van der Waals surface area contributed by atoms with Gasteiger partial charge in [-0.1, -0.05) is 29.8 Å². The predicted octanol–water partition coefficient (Wildman–Crippen LogP) is 5.00. The number of aromatic nitrogens is 3. The van der Waals surface area contributed by atoms with E-state index in [1.165, 1.54) is 10.4 Å². The summed E-state index contributed by atoms with van der Waals surface area (Å²) in [7, 11) is 1.94. The Hall–Kier alpha value is -2.55. The highest BCUT2D eigenvalue weighted by atomic mass is 35.5. The molecule has 0 radical (unpaired) electrons. The molecule has 3 aliphatic carbocycles. The van der Waals surface area contributed by atoms with Crippen LogP contribution in [-0.4, -0.2) is 55.6 Å². The highest BCUT2D eigenvalue weighted by molar-refractivity contribution is 7.15. The molecule has 1 N–H and O–H groups in total. The minimum absolute atomic E-state index is 0.213. The van der Waals surface area contributed by atoms with Gasteiger partial charge in [-0.25, -0.2) is 0 Å². The summed E-state index contributed by atoms with van der Waals surface area (Å²) in [6.07, 6.45) is 7.33. The van der Waals surface area contributed by atoms with Gasteiger partial charge in [-0.05, 0) is 75.8 Å². The highest BCUT2D eigenvalue weighted by Crippen LogP contribution is 2.54. The van der Waals surface area contributed by atoms with E-state index < -0.39 is 0 Å². The Morgan fingerprint density at radius 1 is 1.18 bits per heavy atom. The van der Waals surface area contributed by atoms with Crippen molar-refractivity contribution in [2.24, 2.45) is 10.9 Å². The maximum absolute atomic E-state index is 13.3. The van der Waals surface area contributed by atoms with Crippen molar-refractivity contribution in [3.05, 3.63) is 62.5 Å². The van der Waals surface area contributed by atoms with Crippen LogP contribution >= 0.6 is 22.9 Å². The molecule has 7 rings (SSSR count). The lowest BCUT2D eigenvalue weighted by atomic mass is 9.91. The summed E-state index contributed by atoms with van der Waals surface area (Å²) < 4.78 is 2.23. The number of aliphatic hydroxyl groups excluding tert-OH is 1. The van der Waals surface area contributed by atoms with Crippen molar-refractivity contribution in [2.75, 3.05) is 7.05 Å². The highest BCUT2D eigenvalue weighted by Gasteiger charge is 2.52. The van der Waals surface area contributed by atoms with Gasteiger partial charge < -0.3 is 10.0 Å². The fourth-order valence-corrected chi connectivity index (χ4v) is 8.33. The Morgan fingerprint density at radius 3 is 2.68 bits per heavy atom. The van der Waals surface area contributed by atoms with E-state index in [0.29, 0.717) is 11.4 Å². The van der Waals surface area contributed by atoms with Gasteiger partial charge in [0.2, 0.25) is 5.91 Å². The second-order valence-electron chi connectivity index (χ2n) is 11.5. The first-order valence-corrected chi connectivity index (χ1v) is 14.9. The van der Waals surface area contributed by atoms with Gasteiger partial charge in [0.05, 0.1) is 11.8 Å². The van der Waals surface area contributed by atoms with Crippen molar-refractivity contribution in [3.63, 3.8) is 0 Å². The third-order valence-electron chi connectivity index (χ3n) is 8.97. The molecule has 1 atom stereocenters. The van der Waals surface area contributed by atoms with Crippen molar-refractivity contribution >= 4 is 34.6 Å². The zero-order chi connectivity index (χ0) is 26.2. The van der Waals surface area contributed by atoms with Crippen LogP contribution in [0.5, 0.6) is 0 Å². The number of aryl methyl sites for hydroxylation is 1. The molecule has 3 heterocycles. The van der Waals surface area contributed by atoms with Gasteiger partial charge in [0.1, 0.15) is 16.4 Å². The molecule has 0 unspecified atom stereocenters. The Labute approximate surface area is 231 Å². The monoisotopic (exact) mass is 549 g/mol. The second kappa shape index (κ2) is 9.00. The molecule has 2 saturated carbocycles. The molecule has 9 heteroatoms. The number of hydrogen-bond donors (Lipinski definition) is 1. The van der Waals surface area contributed by atoms with E-state index in [1.807, 2.05) is 37.1 Å². The first kappa shape index (κ1) is 24.5. The molecule has 38 heavy (non-hydrogen) atoms. The molecule has 1 aromatic carbocycles. The lowest BCUT2D eigenvalue weighted by Crippen LogP contribution is -2.41. The lowest BCUT2D eigenvalue weighted by molar-refractivity contribution is -0.134. The van der Waals surface area contributed by atoms with Crippen LogP contribution in [0.1, 0.15) is 78.2 Å². The van der Waals surface area contributed by atoms with Crippen LogP contribution in [0, 0.1) is 12.8 Å². The molecular formula is C29H32ClN5O2S. The number of halogens is 1. The Morgan fingerprint density at radius 2 is 1.95 bits per heavy atom. The van der Waals surface area contributed by atoms with E-state index >= 15 is 0 Å². The molecule has 1 amide bonds. The normalized spacial score (nSPS) is 24.8. The molecular weight excluding hydrogens is 518 g/mol. The summed E-state index contributed by atoms with van der Waals surface area (Å²) in [6.45, 7) is 2.02. The molecule has 198 valence electrons. The standard InChI is InChI=1S/C29H32ClN5O2S/c1-16-32-33-28-29(11-12-29)31-26(20-5-3-4-6-22(20)30)25-21-13-17(14-23(21)38-27(25)35(16)28)15-24(37)34(2)18-7-9-19(36)10-8-18/h3-6,17-19,36H,7-15H2,1-2H3/t17-,18-,19-/m0/s1. The van der Waals surface area contributed by atoms with Crippen molar-refractivity contribution in [2.45, 2.75) is 82.4 Å². The van der Waals surface area contributed by atoms with Crippen LogP contribution in [0.3, 0.4) is 0 Å². The van der Waals surface area contributed by atoms with Crippen molar-refractivity contribution in [1.82, 2.24) is 19.7 Å². The van der Waals surface area contributed by atoms with Gasteiger partial charge in [-0.15, -0.1) is 21.5 Å². The summed E-state index contributed by atoms with van der Waals surface area (Å²) >= 11 is 8.57. The predicted molar refractivity (Wildman–Crippen MR) is 149 cm³/mol. The zero-order valence-corrected chi connectivity index (χ0v) is 23.4. The van der Waals surface area contributed by atoms with Crippen molar-refractivity contribution < 1.29 is 9.90 Å². The number of benzene rings is 1. The van der Waals surface area contributed by atoms with Crippen LogP contribution < -0.4 is 0 Å². The fraction of sp³-hybridized carbons (Fsp3) is 0.517. The average Bonchev–Trinajstić information content (AvgIpc) is 3.27. The Kier molecular flexibility index (Phi) is 5.80.